The predicted molar refractivity (Wildman–Crippen MR) is 146 cm³/mol. The first-order chi connectivity index (χ1) is 16.7. The van der Waals surface area contributed by atoms with Crippen molar-refractivity contribution in [1.29, 1.82) is 0 Å². The first-order valence-electron chi connectivity index (χ1n) is 12.3. The Morgan fingerprint density at radius 2 is 1.24 bits per heavy atom. The highest BCUT2D eigenvalue weighted by Crippen LogP contribution is 2.49. The minimum atomic E-state index is -0.688. The molecule has 0 fully saturated rings. The normalized spacial score (nSPS) is 18.8. The van der Waals surface area contributed by atoms with Crippen molar-refractivity contribution in [2.45, 2.75) is 31.4 Å². The molecule has 0 amide bonds. The van der Waals surface area contributed by atoms with Crippen molar-refractivity contribution in [3.8, 4) is 11.1 Å². The van der Waals surface area contributed by atoms with E-state index in [-0.39, 0.29) is 0 Å². The van der Waals surface area contributed by atoms with Gasteiger partial charge in [-0.05, 0) is 62.1 Å². The maximum atomic E-state index is 2.58. The zero-order valence-corrected chi connectivity index (χ0v) is 20.7. The zero-order valence-electron chi connectivity index (χ0n) is 19.7. The van der Waals surface area contributed by atoms with E-state index in [0.717, 1.165) is 6.42 Å². The fraction of sp³-hybridized carbons (Fsp3) is 0.152. The topological polar surface area (TPSA) is 0 Å². The van der Waals surface area contributed by atoms with E-state index in [1.807, 2.05) is 0 Å². The molecule has 0 nitrogen and oxygen atoms in total. The molecule has 0 saturated heterocycles. The Morgan fingerprint density at radius 3 is 1.91 bits per heavy atom. The van der Waals surface area contributed by atoms with E-state index < -0.39 is 8.80 Å². The lowest BCUT2D eigenvalue weighted by molar-refractivity contribution is 0.942. The molecule has 0 spiro atoms. The molecule has 2 atom stereocenters. The van der Waals surface area contributed by atoms with Crippen LogP contribution < -0.4 is 5.19 Å². The quantitative estimate of drug-likeness (QED) is 0.249. The Labute approximate surface area is 203 Å². The maximum absolute atomic E-state index is 2.58. The highest BCUT2D eigenvalue weighted by molar-refractivity contribution is 6.71. The lowest BCUT2D eigenvalue weighted by Gasteiger charge is -2.28. The second kappa shape index (κ2) is 7.55. The Kier molecular flexibility index (Phi) is 4.44. The molecule has 0 aromatic heterocycles. The monoisotopic (exact) mass is 451 g/mol. The largest absolute Gasteiger partial charge is 0.0796 e. The summed E-state index contributed by atoms with van der Waals surface area (Å²) in [5.41, 5.74) is 14.7. The SMILES string of the molecule is C[Si](C)c1cc2c(c(C3C=Cc4ccccc43)c1C1C=Cc3ccccc31)Cc1ccccc1-2. The Hall–Kier alpha value is -3.42. The van der Waals surface area contributed by atoms with Crippen LogP contribution in [0.4, 0.5) is 0 Å². The third-order valence-corrected chi connectivity index (χ3v) is 9.44. The molecule has 7 rings (SSSR count). The van der Waals surface area contributed by atoms with E-state index in [0.29, 0.717) is 11.8 Å². The molecule has 163 valence electrons. The van der Waals surface area contributed by atoms with Crippen LogP contribution in [0.25, 0.3) is 23.3 Å². The van der Waals surface area contributed by atoms with Gasteiger partial charge in [0.05, 0.1) is 8.80 Å². The summed E-state index contributed by atoms with van der Waals surface area (Å²) in [5.74, 6) is 0.646. The van der Waals surface area contributed by atoms with E-state index in [1.165, 1.54) is 38.9 Å². The molecule has 2 unspecified atom stereocenters. The van der Waals surface area contributed by atoms with Gasteiger partial charge >= 0.3 is 0 Å². The first kappa shape index (κ1) is 20.0. The molecule has 0 heterocycles. The van der Waals surface area contributed by atoms with Gasteiger partial charge in [0.2, 0.25) is 0 Å². The highest BCUT2D eigenvalue weighted by Gasteiger charge is 2.35. The maximum Gasteiger partial charge on any atom is 0.0796 e. The number of rotatable bonds is 3. The molecule has 0 N–H and O–H groups in total. The molecular weight excluding hydrogens is 424 g/mol. The average molecular weight is 452 g/mol. The molecule has 1 heteroatoms. The van der Waals surface area contributed by atoms with E-state index in [2.05, 4.69) is 116 Å². The van der Waals surface area contributed by atoms with E-state index >= 15 is 0 Å². The van der Waals surface area contributed by atoms with E-state index in [9.17, 15) is 0 Å². The summed E-state index contributed by atoms with van der Waals surface area (Å²) in [6.45, 7) is 4.92. The fourth-order valence-corrected chi connectivity index (χ4v) is 7.69. The third-order valence-electron chi connectivity index (χ3n) is 7.95. The predicted octanol–water partition coefficient (Wildman–Crippen LogP) is 7.54. The van der Waals surface area contributed by atoms with Gasteiger partial charge in [-0.1, -0.05) is 121 Å². The smallest absolute Gasteiger partial charge is 0.0720 e. The van der Waals surface area contributed by atoms with Gasteiger partial charge in [-0.25, -0.2) is 0 Å². The first-order valence-corrected chi connectivity index (χ1v) is 14.8. The number of hydrogen-bond acceptors (Lipinski definition) is 0. The van der Waals surface area contributed by atoms with Crippen molar-refractivity contribution >= 4 is 26.1 Å². The average Bonchev–Trinajstić information content (AvgIpc) is 3.57. The van der Waals surface area contributed by atoms with Crippen LogP contribution in [0.5, 0.6) is 0 Å². The van der Waals surface area contributed by atoms with Crippen LogP contribution in [-0.2, 0) is 6.42 Å². The molecule has 0 saturated carbocycles. The van der Waals surface area contributed by atoms with Gasteiger partial charge in [0.15, 0.2) is 0 Å². The van der Waals surface area contributed by atoms with Crippen LogP contribution in [0.2, 0.25) is 13.1 Å². The standard InChI is InChI=1S/C33H27Si/c1-34(2)31-20-29-26-14-8-5-11-23(26)19-30(29)32(27-17-15-21-9-3-6-12-24(21)27)33(31)28-18-16-22-10-4-7-13-25(22)28/h3-18,20,27-28H,19H2,1-2H3. The highest BCUT2D eigenvalue weighted by atomic mass is 28.3. The number of allylic oxidation sites excluding steroid dienone is 2. The molecular formula is C33H27Si. The van der Waals surface area contributed by atoms with Gasteiger partial charge in [0.1, 0.15) is 0 Å². The summed E-state index contributed by atoms with van der Waals surface area (Å²) in [5, 5.41) is 1.60. The summed E-state index contributed by atoms with van der Waals surface area (Å²) in [4.78, 5) is 0. The van der Waals surface area contributed by atoms with Gasteiger partial charge in [-0.3, -0.25) is 0 Å². The van der Waals surface area contributed by atoms with Crippen LogP contribution in [0.3, 0.4) is 0 Å². The van der Waals surface area contributed by atoms with Crippen LogP contribution in [0.15, 0.2) is 91.0 Å². The summed E-state index contributed by atoms with van der Waals surface area (Å²) in [6, 6.07) is 29.6. The van der Waals surface area contributed by atoms with Crippen molar-refractivity contribution < 1.29 is 0 Å². The van der Waals surface area contributed by atoms with E-state index in [4.69, 9.17) is 0 Å². The second-order valence-corrected chi connectivity index (χ2v) is 12.6. The Bertz CT molecular complexity index is 1520. The van der Waals surface area contributed by atoms with Gasteiger partial charge in [0.25, 0.3) is 0 Å². The molecule has 3 aliphatic carbocycles. The molecule has 3 aliphatic rings. The zero-order chi connectivity index (χ0) is 22.8. The molecule has 4 aromatic rings. The lowest BCUT2D eigenvalue weighted by atomic mass is 9.79. The molecule has 0 aliphatic heterocycles. The summed E-state index contributed by atoms with van der Waals surface area (Å²) in [7, 11) is -0.688. The molecule has 0 bridgehead atoms. The number of fused-ring (bicyclic) bond motifs is 5. The molecule has 4 aromatic carbocycles. The van der Waals surface area contributed by atoms with Gasteiger partial charge in [-0.2, -0.15) is 0 Å². The molecule has 1 radical (unpaired) electrons. The summed E-state index contributed by atoms with van der Waals surface area (Å²) < 4.78 is 0. The third kappa shape index (κ3) is 2.83. The minimum Gasteiger partial charge on any atom is -0.0720 e. The van der Waals surface area contributed by atoms with Crippen molar-refractivity contribution in [1.82, 2.24) is 0 Å². The Morgan fingerprint density at radius 1 is 0.647 bits per heavy atom. The van der Waals surface area contributed by atoms with Crippen molar-refractivity contribution in [2.75, 3.05) is 0 Å². The van der Waals surface area contributed by atoms with Crippen molar-refractivity contribution in [3.63, 3.8) is 0 Å². The van der Waals surface area contributed by atoms with E-state index in [1.54, 1.807) is 21.9 Å². The summed E-state index contributed by atoms with van der Waals surface area (Å²) in [6.07, 6.45) is 10.6. The van der Waals surface area contributed by atoms with Crippen LogP contribution >= 0.6 is 0 Å². The van der Waals surface area contributed by atoms with Crippen molar-refractivity contribution in [3.05, 3.63) is 136 Å². The van der Waals surface area contributed by atoms with Crippen LogP contribution in [0.1, 0.15) is 56.3 Å². The van der Waals surface area contributed by atoms with Crippen molar-refractivity contribution in [2.24, 2.45) is 0 Å². The van der Waals surface area contributed by atoms with Gasteiger partial charge in [-0.15, -0.1) is 0 Å². The number of benzene rings is 4. The number of hydrogen-bond donors (Lipinski definition) is 0. The molecule has 34 heavy (non-hydrogen) atoms. The second-order valence-electron chi connectivity index (χ2n) is 10.0. The fourth-order valence-electron chi connectivity index (χ4n) is 6.43. The Balaban J connectivity index is 1.56. The lowest BCUT2D eigenvalue weighted by Crippen LogP contribution is -2.31. The van der Waals surface area contributed by atoms with Gasteiger partial charge in [0, 0.05) is 11.8 Å². The minimum absolute atomic E-state index is 0.316. The van der Waals surface area contributed by atoms with Gasteiger partial charge < -0.3 is 0 Å². The van der Waals surface area contributed by atoms with Crippen LogP contribution in [-0.4, -0.2) is 8.80 Å². The summed E-state index contributed by atoms with van der Waals surface area (Å²) >= 11 is 0. The van der Waals surface area contributed by atoms with Crippen LogP contribution in [0, 0.1) is 0 Å².